The summed E-state index contributed by atoms with van der Waals surface area (Å²) in [4.78, 5) is 41.6. The van der Waals surface area contributed by atoms with Gasteiger partial charge in [0.05, 0.1) is 13.3 Å². The van der Waals surface area contributed by atoms with Crippen molar-refractivity contribution in [2.75, 3.05) is 34.7 Å². The Kier molecular flexibility index (Phi) is 5.46. The molecule has 1 aliphatic carbocycles. The van der Waals surface area contributed by atoms with Crippen molar-refractivity contribution in [2.24, 2.45) is 0 Å². The third-order valence-corrected chi connectivity index (χ3v) is 5.85. The van der Waals surface area contributed by atoms with Crippen molar-refractivity contribution < 1.29 is 9.63 Å². The molecule has 1 saturated carbocycles. The van der Waals surface area contributed by atoms with Gasteiger partial charge in [-0.05, 0) is 32.6 Å². The Morgan fingerprint density at radius 3 is 2.82 bits per heavy atom. The molecule has 3 aromatic heterocycles. The van der Waals surface area contributed by atoms with Gasteiger partial charge in [0.25, 0.3) is 11.9 Å². The second-order valence-corrected chi connectivity index (χ2v) is 8.27. The van der Waals surface area contributed by atoms with Gasteiger partial charge in [0, 0.05) is 36.6 Å². The van der Waals surface area contributed by atoms with E-state index >= 15 is 0 Å². The summed E-state index contributed by atoms with van der Waals surface area (Å²) >= 11 is 0. The lowest BCUT2D eigenvalue weighted by atomic mass is 9.98. The van der Waals surface area contributed by atoms with E-state index in [0.717, 1.165) is 12.1 Å². The van der Waals surface area contributed by atoms with Crippen LogP contribution in [0.4, 0.5) is 29.5 Å². The monoisotopic (exact) mass is 451 g/mol. The largest absolute Gasteiger partial charge is 0.326 e. The zero-order valence-electron chi connectivity index (χ0n) is 18.4. The smallest absolute Gasteiger partial charge is 0.253 e. The Bertz CT molecular complexity index is 1130. The molecule has 172 valence electrons. The van der Waals surface area contributed by atoms with Crippen molar-refractivity contribution in [3.63, 3.8) is 0 Å². The van der Waals surface area contributed by atoms with Crippen LogP contribution in [-0.4, -0.2) is 60.2 Å². The van der Waals surface area contributed by atoms with E-state index in [4.69, 9.17) is 4.84 Å². The van der Waals surface area contributed by atoms with Gasteiger partial charge in [-0.25, -0.2) is 10.5 Å². The van der Waals surface area contributed by atoms with Crippen LogP contribution in [0.15, 0.2) is 24.7 Å². The van der Waals surface area contributed by atoms with E-state index in [1.54, 1.807) is 6.20 Å². The van der Waals surface area contributed by atoms with Gasteiger partial charge in [-0.15, -0.1) is 0 Å². The van der Waals surface area contributed by atoms with Gasteiger partial charge in [0.1, 0.15) is 5.54 Å². The Hall–Kier alpha value is -3.87. The molecule has 2 aliphatic rings. The molecule has 13 nitrogen and oxygen atoms in total. The molecule has 0 aromatic carbocycles. The highest BCUT2D eigenvalue weighted by Crippen LogP contribution is 2.39. The van der Waals surface area contributed by atoms with E-state index in [1.165, 1.54) is 32.3 Å². The fraction of sp³-hybridized carbons (Fsp3) is 0.450. The van der Waals surface area contributed by atoms with Gasteiger partial charge in [-0.3, -0.25) is 19.7 Å². The van der Waals surface area contributed by atoms with E-state index in [-0.39, 0.29) is 17.8 Å². The Morgan fingerprint density at radius 2 is 2.06 bits per heavy atom. The number of hydrogen-bond acceptors (Lipinski definition) is 11. The predicted octanol–water partition coefficient (Wildman–Crippen LogP) is 1.98. The van der Waals surface area contributed by atoms with E-state index < -0.39 is 5.54 Å². The predicted molar refractivity (Wildman–Crippen MR) is 120 cm³/mol. The van der Waals surface area contributed by atoms with Crippen LogP contribution in [0.1, 0.15) is 44.2 Å². The number of amides is 1. The zero-order chi connectivity index (χ0) is 22.8. The van der Waals surface area contributed by atoms with Crippen molar-refractivity contribution in [1.82, 2.24) is 35.1 Å². The third-order valence-electron chi connectivity index (χ3n) is 5.85. The van der Waals surface area contributed by atoms with Crippen LogP contribution in [0, 0.1) is 0 Å². The van der Waals surface area contributed by atoms with E-state index in [0.29, 0.717) is 36.5 Å². The number of aromatic amines is 1. The molecule has 0 bridgehead atoms. The van der Waals surface area contributed by atoms with Gasteiger partial charge >= 0.3 is 0 Å². The quantitative estimate of drug-likeness (QED) is 0.371. The van der Waals surface area contributed by atoms with E-state index in [2.05, 4.69) is 51.2 Å². The molecule has 13 heteroatoms. The lowest BCUT2D eigenvalue weighted by Gasteiger charge is -2.33. The highest BCUT2D eigenvalue weighted by atomic mass is 16.6. The highest BCUT2D eigenvalue weighted by molar-refractivity contribution is 5.99. The number of anilines is 5. The van der Waals surface area contributed by atoms with Crippen LogP contribution in [-0.2, 0) is 9.63 Å². The number of carbonyl (C=O) groups is 1. The van der Waals surface area contributed by atoms with Gasteiger partial charge < -0.3 is 15.5 Å². The van der Waals surface area contributed by atoms with Gasteiger partial charge in [-0.1, -0.05) is 0 Å². The van der Waals surface area contributed by atoms with Crippen LogP contribution in [0.25, 0.3) is 0 Å². The number of hydrogen-bond donors (Lipinski definition) is 4. The van der Waals surface area contributed by atoms with Crippen molar-refractivity contribution in [3.05, 3.63) is 30.4 Å². The fourth-order valence-corrected chi connectivity index (χ4v) is 3.93. The summed E-state index contributed by atoms with van der Waals surface area (Å²) in [7, 11) is 1.47. The minimum atomic E-state index is -0.883. The first-order chi connectivity index (χ1) is 16.0. The van der Waals surface area contributed by atoms with Crippen LogP contribution in [0.2, 0.25) is 0 Å². The zero-order valence-corrected chi connectivity index (χ0v) is 18.4. The molecule has 5 rings (SSSR count). The molecule has 1 amide bonds. The lowest BCUT2D eigenvalue weighted by Crippen LogP contribution is -2.51. The van der Waals surface area contributed by atoms with Gasteiger partial charge in [-0.2, -0.15) is 20.1 Å². The molecule has 1 atom stereocenters. The molecule has 1 saturated heterocycles. The van der Waals surface area contributed by atoms with Crippen LogP contribution in [0.5, 0.6) is 0 Å². The minimum absolute atomic E-state index is 0.210. The average molecular weight is 451 g/mol. The summed E-state index contributed by atoms with van der Waals surface area (Å²) in [5.41, 5.74) is 2.86. The molecule has 4 N–H and O–H groups in total. The molecule has 1 unspecified atom stereocenters. The van der Waals surface area contributed by atoms with Crippen LogP contribution >= 0.6 is 0 Å². The van der Waals surface area contributed by atoms with Gasteiger partial charge in [0.2, 0.25) is 11.9 Å². The van der Waals surface area contributed by atoms with E-state index in [9.17, 15) is 4.79 Å². The number of H-pyrrole nitrogens is 1. The summed E-state index contributed by atoms with van der Waals surface area (Å²) in [5, 5.41) is 13.3. The summed E-state index contributed by atoms with van der Waals surface area (Å²) in [6, 6.07) is 1.96. The highest BCUT2D eigenvalue weighted by Gasteiger charge is 2.45. The fourth-order valence-electron chi connectivity index (χ4n) is 3.93. The lowest BCUT2D eigenvalue weighted by molar-refractivity contribution is -0.120. The number of aromatic nitrogens is 7. The van der Waals surface area contributed by atoms with E-state index in [1.807, 2.05) is 17.9 Å². The maximum atomic E-state index is 13.2. The van der Waals surface area contributed by atoms with Crippen LogP contribution in [0.3, 0.4) is 0 Å². The van der Waals surface area contributed by atoms with Crippen molar-refractivity contribution in [3.8, 4) is 0 Å². The topological polar surface area (TPSA) is 159 Å². The first-order valence-corrected chi connectivity index (χ1v) is 10.8. The second kappa shape index (κ2) is 8.58. The molecule has 33 heavy (non-hydrogen) atoms. The van der Waals surface area contributed by atoms with Gasteiger partial charge in [0.15, 0.2) is 11.6 Å². The molecule has 3 aromatic rings. The second-order valence-electron chi connectivity index (χ2n) is 8.27. The number of nitrogens with zero attached hydrogens (tertiary/aromatic N) is 7. The minimum Gasteiger partial charge on any atom is -0.326 e. The van der Waals surface area contributed by atoms with Crippen LogP contribution < -0.4 is 21.0 Å². The van der Waals surface area contributed by atoms with Crippen molar-refractivity contribution in [2.45, 2.75) is 44.1 Å². The maximum Gasteiger partial charge on any atom is 0.253 e. The summed E-state index contributed by atoms with van der Waals surface area (Å²) < 4.78 is 0. The number of rotatable bonds is 8. The average Bonchev–Trinajstić information content (AvgIpc) is 3.43. The molecule has 0 spiro atoms. The maximum absolute atomic E-state index is 13.2. The molecular formula is C20H25N11O2. The Labute approximate surface area is 189 Å². The number of carbonyl (C=O) groups excluding carboxylic acids is 1. The normalized spacial score (nSPS) is 20.0. The molecule has 0 radical (unpaired) electrons. The third kappa shape index (κ3) is 4.39. The first-order valence-electron chi connectivity index (χ1n) is 10.8. The SMILES string of the molecule is CONc1nc(Nc2cc(C3CC3)[nH]n2)nc(N2CCCC2(C)C(=O)Nc2cnccn2)n1. The molecular weight excluding hydrogens is 426 g/mol. The summed E-state index contributed by atoms with van der Waals surface area (Å²) in [6.07, 6.45) is 8.36. The molecule has 1 aliphatic heterocycles. The molecule has 4 heterocycles. The van der Waals surface area contributed by atoms with Crippen molar-refractivity contribution >= 4 is 35.4 Å². The standard InChI is InChI=1S/C20H25N11O2/c1-20(16(32)23-15-11-21-7-8-22-15)6-3-9-31(20)19-26-17(25-18(27-19)30-33-2)24-14-10-13(28-29-14)12-4-5-12/h7-8,10-12H,3-6,9H2,1-2H3,(H,22,23,32)(H3,24,25,26,27,28,29,30). The first kappa shape index (κ1) is 21.0. The summed E-state index contributed by atoms with van der Waals surface area (Å²) in [5.74, 6) is 2.19. The Balaban J connectivity index is 1.41. The summed E-state index contributed by atoms with van der Waals surface area (Å²) in [6.45, 7) is 2.47. The molecule has 2 fully saturated rings. The van der Waals surface area contributed by atoms with Crippen molar-refractivity contribution in [1.29, 1.82) is 0 Å². The number of nitrogens with one attached hydrogen (secondary N) is 4. The Morgan fingerprint density at radius 1 is 1.21 bits per heavy atom.